The SMILES string of the molecule is CC(NC(=O)c1nc(NN)ccc1Cl)C1CCCO1. The Hall–Kier alpha value is -1.37. The molecule has 104 valence electrons. The van der Waals surface area contributed by atoms with E-state index in [0.29, 0.717) is 5.82 Å². The average Bonchev–Trinajstić information content (AvgIpc) is 2.93. The summed E-state index contributed by atoms with van der Waals surface area (Å²) in [5.74, 6) is 5.32. The number of aromatic nitrogens is 1. The Labute approximate surface area is 116 Å². The highest BCUT2D eigenvalue weighted by Crippen LogP contribution is 2.18. The molecule has 0 spiro atoms. The fraction of sp³-hybridized carbons (Fsp3) is 0.500. The molecule has 0 bridgehead atoms. The molecule has 0 aromatic carbocycles. The first kappa shape index (κ1) is 14.0. The summed E-state index contributed by atoms with van der Waals surface area (Å²) in [5.41, 5.74) is 2.54. The summed E-state index contributed by atoms with van der Waals surface area (Å²) in [4.78, 5) is 16.2. The van der Waals surface area contributed by atoms with Gasteiger partial charge in [-0.15, -0.1) is 0 Å². The summed E-state index contributed by atoms with van der Waals surface area (Å²) < 4.78 is 5.53. The van der Waals surface area contributed by atoms with E-state index in [1.54, 1.807) is 12.1 Å². The maximum absolute atomic E-state index is 12.1. The number of pyridine rings is 1. The number of hydrazine groups is 1. The van der Waals surface area contributed by atoms with Crippen molar-refractivity contribution in [2.75, 3.05) is 12.0 Å². The molecule has 0 aliphatic carbocycles. The van der Waals surface area contributed by atoms with Gasteiger partial charge in [0.1, 0.15) is 11.5 Å². The highest BCUT2D eigenvalue weighted by atomic mass is 35.5. The van der Waals surface area contributed by atoms with Crippen LogP contribution in [0.1, 0.15) is 30.3 Å². The predicted octanol–water partition coefficient (Wildman–Crippen LogP) is 1.32. The standard InChI is InChI=1S/C12H17ClN4O2/c1-7(9-3-2-6-19-9)15-12(18)11-8(13)4-5-10(16-11)17-14/h4-5,7,9H,2-3,6,14H2,1H3,(H,15,18)(H,16,17). The number of anilines is 1. The number of hydrogen-bond acceptors (Lipinski definition) is 5. The number of carbonyl (C=O) groups excluding carboxylic acids is 1. The van der Waals surface area contributed by atoms with Crippen molar-refractivity contribution in [1.29, 1.82) is 0 Å². The van der Waals surface area contributed by atoms with E-state index < -0.39 is 0 Å². The molecule has 1 aliphatic rings. The Balaban J connectivity index is 2.06. The van der Waals surface area contributed by atoms with Gasteiger partial charge in [0, 0.05) is 6.61 Å². The van der Waals surface area contributed by atoms with Gasteiger partial charge in [-0.3, -0.25) is 4.79 Å². The smallest absolute Gasteiger partial charge is 0.271 e. The van der Waals surface area contributed by atoms with Gasteiger partial charge in [0.25, 0.3) is 5.91 Å². The first-order chi connectivity index (χ1) is 9.11. The Morgan fingerprint density at radius 3 is 3.05 bits per heavy atom. The fourth-order valence-electron chi connectivity index (χ4n) is 2.05. The summed E-state index contributed by atoms with van der Waals surface area (Å²) in [5, 5.41) is 3.14. The van der Waals surface area contributed by atoms with Crippen molar-refractivity contribution in [3.63, 3.8) is 0 Å². The lowest BCUT2D eigenvalue weighted by atomic mass is 10.1. The third kappa shape index (κ3) is 3.34. The molecule has 4 N–H and O–H groups in total. The van der Waals surface area contributed by atoms with Crippen LogP contribution >= 0.6 is 11.6 Å². The minimum absolute atomic E-state index is 0.0542. The number of nitrogens with zero attached hydrogens (tertiary/aromatic N) is 1. The molecule has 1 aliphatic heterocycles. The van der Waals surface area contributed by atoms with Crippen LogP contribution in [0.15, 0.2) is 12.1 Å². The molecule has 6 nitrogen and oxygen atoms in total. The van der Waals surface area contributed by atoms with Gasteiger partial charge in [-0.2, -0.15) is 0 Å². The second-order valence-corrected chi connectivity index (χ2v) is 4.89. The summed E-state index contributed by atoms with van der Waals surface area (Å²) >= 11 is 5.97. The van der Waals surface area contributed by atoms with E-state index in [9.17, 15) is 4.79 Å². The van der Waals surface area contributed by atoms with Crippen molar-refractivity contribution < 1.29 is 9.53 Å². The van der Waals surface area contributed by atoms with E-state index >= 15 is 0 Å². The van der Waals surface area contributed by atoms with Crippen LogP contribution in [0.2, 0.25) is 5.02 Å². The first-order valence-electron chi connectivity index (χ1n) is 6.17. The van der Waals surface area contributed by atoms with E-state index in [1.807, 2.05) is 6.92 Å². The number of nitrogens with one attached hydrogen (secondary N) is 2. The van der Waals surface area contributed by atoms with Gasteiger partial charge < -0.3 is 15.5 Å². The number of amides is 1. The largest absolute Gasteiger partial charge is 0.376 e. The summed E-state index contributed by atoms with van der Waals surface area (Å²) in [6, 6.07) is 3.10. The lowest BCUT2D eigenvalue weighted by Crippen LogP contribution is -2.41. The van der Waals surface area contributed by atoms with Crippen LogP contribution in [0.5, 0.6) is 0 Å². The fourth-order valence-corrected chi connectivity index (χ4v) is 2.24. The summed E-state index contributed by atoms with van der Waals surface area (Å²) in [6.07, 6.45) is 2.03. The van der Waals surface area contributed by atoms with Crippen LogP contribution in [0.4, 0.5) is 5.82 Å². The zero-order valence-electron chi connectivity index (χ0n) is 10.6. The van der Waals surface area contributed by atoms with Crippen molar-refractivity contribution in [3.05, 3.63) is 22.8 Å². The summed E-state index contributed by atoms with van der Waals surface area (Å²) in [7, 11) is 0. The van der Waals surface area contributed by atoms with Crippen molar-refractivity contribution >= 4 is 23.3 Å². The van der Waals surface area contributed by atoms with Gasteiger partial charge in [-0.1, -0.05) is 11.6 Å². The Morgan fingerprint density at radius 2 is 2.42 bits per heavy atom. The maximum atomic E-state index is 12.1. The van der Waals surface area contributed by atoms with Crippen molar-refractivity contribution in [2.45, 2.75) is 31.9 Å². The minimum Gasteiger partial charge on any atom is -0.376 e. The van der Waals surface area contributed by atoms with Crippen LogP contribution in [0.3, 0.4) is 0 Å². The molecule has 1 aromatic heterocycles. The Bertz CT molecular complexity index is 463. The second-order valence-electron chi connectivity index (χ2n) is 4.48. The van der Waals surface area contributed by atoms with Gasteiger partial charge in [0.15, 0.2) is 0 Å². The van der Waals surface area contributed by atoms with Gasteiger partial charge in [-0.05, 0) is 31.9 Å². The predicted molar refractivity (Wildman–Crippen MR) is 73.0 cm³/mol. The Kier molecular flexibility index (Phi) is 4.57. The number of nitrogens with two attached hydrogens (primary N) is 1. The van der Waals surface area contributed by atoms with E-state index in [4.69, 9.17) is 22.2 Å². The zero-order valence-corrected chi connectivity index (χ0v) is 11.4. The number of nitrogen functional groups attached to an aromatic ring is 1. The summed E-state index contributed by atoms with van der Waals surface area (Å²) in [6.45, 7) is 2.66. The number of halogens is 1. The van der Waals surface area contributed by atoms with E-state index in [-0.39, 0.29) is 28.8 Å². The van der Waals surface area contributed by atoms with Gasteiger partial charge in [-0.25, -0.2) is 10.8 Å². The number of carbonyl (C=O) groups is 1. The van der Waals surface area contributed by atoms with Crippen LogP contribution in [0.25, 0.3) is 0 Å². The van der Waals surface area contributed by atoms with E-state index in [1.165, 1.54) is 0 Å². The second kappa shape index (κ2) is 6.18. The van der Waals surface area contributed by atoms with Crippen molar-refractivity contribution in [2.24, 2.45) is 5.84 Å². The minimum atomic E-state index is -0.329. The maximum Gasteiger partial charge on any atom is 0.271 e. The van der Waals surface area contributed by atoms with Gasteiger partial charge >= 0.3 is 0 Å². The van der Waals surface area contributed by atoms with Crippen LogP contribution in [-0.4, -0.2) is 29.6 Å². The molecular weight excluding hydrogens is 268 g/mol. The van der Waals surface area contributed by atoms with Crippen LogP contribution < -0.4 is 16.6 Å². The molecule has 19 heavy (non-hydrogen) atoms. The number of ether oxygens (including phenoxy) is 1. The quantitative estimate of drug-likeness (QED) is 0.573. The molecule has 0 saturated carbocycles. The molecule has 7 heteroatoms. The number of hydrogen-bond donors (Lipinski definition) is 3. The third-order valence-electron chi connectivity index (χ3n) is 3.09. The molecule has 1 aromatic rings. The molecule has 2 rings (SSSR count). The normalized spacial score (nSPS) is 20.1. The topological polar surface area (TPSA) is 89.3 Å². The molecule has 2 heterocycles. The molecular formula is C12H17ClN4O2. The molecule has 0 radical (unpaired) electrons. The van der Waals surface area contributed by atoms with Crippen LogP contribution in [-0.2, 0) is 4.74 Å². The third-order valence-corrected chi connectivity index (χ3v) is 3.40. The number of rotatable bonds is 4. The van der Waals surface area contributed by atoms with Crippen molar-refractivity contribution in [1.82, 2.24) is 10.3 Å². The highest BCUT2D eigenvalue weighted by Gasteiger charge is 2.25. The van der Waals surface area contributed by atoms with Gasteiger partial charge in [0.2, 0.25) is 0 Å². The first-order valence-corrected chi connectivity index (χ1v) is 6.55. The molecule has 1 amide bonds. The Morgan fingerprint density at radius 1 is 1.63 bits per heavy atom. The van der Waals surface area contributed by atoms with Gasteiger partial charge in [0.05, 0.1) is 17.2 Å². The lowest BCUT2D eigenvalue weighted by molar-refractivity contribution is 0.0709. The molecule has 2 unspecified atom stereocenters. The molecule has 2 atom stereocenters. The van der Waals surface area contributed by atoms with E-state index in [2.05, 4.69) is 15.7 Å². The van der Waals surface area contributed by atoms with Crippen molar-refractivity contribution in [3.8, 4) is 0 Å². The molecule has 1 fully saturated rings. The monoisotopic (exact) mass is 284 g/mol. The molecule has 1 saturated heterocycles. The van der Waals surface area contributed by atoms with E-state index in [0.717, 1.165) is 19.4 Å². The zero-order chi connectivity index (χ0) is 13.8. The highest BCUT2D eigenvalue weighted by molar-refractivity contribution is 6.33. The lowest BCUT2D eigenvalue weighted by Gasteiger charge is -2.20. The van der Waals surface area contributed by atoms with Crippen LogP contribution in [0, 0.1) is 0 Å². The average molecular weight is 285 g/mol.